The molecule has 4 N–H and O–H groups in total. The molecule has 2 aromatic carbocycles. The summed E-state index contributed by atoms with van der Waals surface area (Å²) in [4.78, 5) is 0. The van der Waals surface area contributed by atoms with Crippen molar-refractivity contribution >= 4 is 22.1 Å². The zero-order valence-electron chi connectivity index (χ0n) is 9.80. The lowest BCUT2D eigenvalue weighted by atomic mass is 9.98. The van der Waals surface area contributed by atoms with E-state index in [-0.39, 0.29) is 5.54 Å². The number of hydrogen-bond donors (Lipinski definition) is 2. The zero-order valence-corrected chi connectivity index (χ0v) is 9.80. The van der Waals surface area contributed by atoms with E-state index in [1.807, 2.05) is 0 Å². The van der Waals surface area contributed by atoms with Gasteiger partial charge in [-0.25, -0.2) is 0 Å². The Labute approximate surface area is 95.5 Å². The second kappa shape index (κ2) is 2.98. The van der Waals surface area contributed by atoms with Crippen molar-refractivity contribution in [1.82, 2.24) is 0 Å². The summed E-state index contributed by atoms with van der Waals surface area (Å²) in [5, 5.41) is 6.12. The third-order valence-electron chi connectivity index (χ3n) is 3.30. The molecule has 1 aliphatic heterocycles. The summed E-state index contributed by atoms with van der Waals surface area (Å²) in [6, 6.07) is 10.8. The highest BCUT2D eigenvalue weighted by Crippen LogP contribution is 2.36. The summed E-state index contributed by atoms with van der Waals surface area (Å²) >= 11 is 0. The van der Waals surface area contributed by atoms with Gasteiger partial charge in [0.1, 0.15) is 5.69 Å². The van der Waals surface area contributed by atoms with Crippen molar-refractivity contribution in [1.29, 1.82) is 0 Å². The minimum absolute atomic E-state index is 0.182. The van der Waals surface area contributed by atoms with Gasteiger partial charge in [-0.3, -0.25) is 0 Å². The van der Waals surface area contributed by atoms with Crippen LogP contribution in [0.2, 0.25) is 0 Å². The summed E-state index contributed by atoms with van der Waals surface area (Å²) in [7, 11) is 0. The van der Waals surface area contributed by atoms with E-state index in [9.17, 15) is 0 Å². The molecule has 0 fully saturated rings. The molecule has 0 spiro atoms. The molecule has 0 saturated carbocycles. The average molecular weight is 213 g/mol. The smallest absolute Gasteiger partial charge is 0.135 e. The largest absolute Gasteiger partial charge is 0.380 e. The molecule has 2 aromatic rings. The van der Waals surface area contributed by atoms with E-state index in [1.54, 1.807) is 0 Å². The maximum absolute atomic E-state index is 4.09. The van der Waals surface area contributed by atoms with Gasteiger partial charge in [0.2, 0.25) is 0 Å². The predicted octanol–water partition coefficient (Wildman–Crippen LogP) is 2.46. The van der Waals surface area contributed by atoms with Crippen molar-refractivity contribution in [3.05, 3.63) is 35.9 Å². The summed E-state index contributed by atoms with van der Waals surface area (Å²) in [5.74, 6) is 0. The van der Waals surface area contributed by atoms with Crippen LogP contribution in [0.15, 0.2) is 30.3 Å². The van der Waals surface area contributed by atoms with Crippen LogP contribution in [-0.2, 0) is 6.42 Å². The first-order valence-corrected chi connectivity index (χ1v) is 5.71. The van der Waals surface area contributed by atoms with E-state index in [0.29, 0.717) is 0 Å². The van der Waals surface area contributed by atoms with Gasteiger partial charge in [-0.15, -0.1) is 0 Å². The van der Waals surface area contributed by atoms with Crippen LogP contribution in [0.1, 0.15) is 19.4 Å². The maximum atomic E-state index is 4.09. The molecule has 0 bridgehead atoms. The Hall–Kier alpha value is -1.54. The second-order valence-corrected chi connectivity index (χ2v) is 5.33. The standard InChI is InChI=1S/C14H16N2/c1-14(2)8-10-6-11-9(7-13(10)16-14)4-3-5-12(11)15/h3-7,16H,8,15H2,1-2H3/p+1. The quantitative estimate of drug-likeness (QED) is 0.693. The Bertz CT molecular complexity index is 570. The first-order chi connectivity index (χ1) is 7.55. The Balaban J connectivity index is 2.26. The number of benzene rings is 2. The molecule has 2 nitrogen and oxygen atoms in total. The van der Waals surface area contributed by atoms with Gasteiger partial charge in [0.25, 0.3) is 0 Å². The highest BCUT2D eigenvalue weighted by atomic mass is 15.0. The number of rotatable bonds is 0. The zero-order chi connectivity index (χ0) is 11.3. The van der Waals surface area contributed by atoms with E-state index < -0.39 is 0 Å². The third-order valence-corrected chi connectivity index (χ3v) is 3.30. The molecule has 0 amide bonds. The molecule has 0 unspecified atom stereocenters. The second-order valence-electron chi connectivity index (χ2n) is 5.33. The van der Waals surface area contributed by atoms with Crippen LogP contribution in [-0.4, -0.2) is 5.54 Å². The average Bonchev–Trinajstić information content (AvgIpc) is 2.48. The van der Waals surface area contributed by atoms with Gasteiger partial charge in [-0.1, -0.05) is 12.1 Å². The van der Waals surface area contributed by atoms with E-state index in [2.05, 4.69) is 55.2 Å². The van der Waals surface area contributed by atoms with Crippen LogP contribution in [0, 0.1) is 0 Å². The highest BCUT2D eigenvalue weighted by Gasteiger charge is 2.27. The Morgan fingerprint density at radius 1 is 1.25 bits per heavy atom. The molecule has 0 aliphatic carbocycles. The molecule has 0 aromatic heterocycles. The minimum Gasteiger partial charge on any atom is -0.380 e. The molecule has 1 aliphatic rings. The summed E-state index contributed by atoms with van der Waals surface area (Å²) in [6.07, 6.45) is 1.09. The van der Waals surface area contributed by atoms with Gasteiger partial charge in [0.15, 0.2) is 0 Å². The fourth-order valence-corrected chi connectivity index (χ4v) is 2.58. The van der Waals surface area contributed by atoms with Crippen molar-refractivity contribution in [2.45, 2.75) is 25.8 Å². The molecule has 2 heteroatoms. The van der Waals surface area contributed by atoms with Crippen LogP contribution in [0.4, 0.5) is 11.4 Å². The first kappa shape index (κ1) is 9.67. The fraction of sp³-hybridized carbons (Fsp3) is 0.286. The SMILES string of the molecule is CC1(C)Cc2cc3c([NH3+])cccc3cc2N1. The molecular formula is C14H17N2+. The number of anilines is 1. The first-order valence-electron chi connectivity index (χ1n) is 5.71. The fourth-order valence-electron chi connectivity index (χ4n) is 2.58. The summed E-state index contributed by atoms with van der Waals surface area (Å²) in [5.41, 5.74) is 8.08. The van der Waals surface area contributed by atoms with Crippen LogP contribution >= 0.6 is 0 Å². The molecule has 3 rings (SSSR count). The van der Waals surface area contributed by atoms with E-state index in [1.165, 1.54) is 22.0 Å². The summed E-state index contributed by atoms with van der Waals surface area (Å²) < 4.78 is 0. The third kappa shape index (κ3) is 1.38. The number of quaternary nitrogens is 1. The lowest BCUT2D eigenvalue weighted by Gasteiger charge is -2.17. The predicted molar refractivity (Wildman–Crippen MR) is 67.9 cm³/mol. The van der Waals surface area contributed by atoms with Crippen molar-refractivity contribution in [3.8, 4) is 0 Å². The van der Waals surface area contributed by atoms with Crippen LogP contribution in [0.3, 0.4) is 0 Å². The van der Waals surface area contributed by atoms with Gasteiger partial charge >= 0.3 is 0 Å². The van der Waals surface area contributed by atoms with Crippen LogP contribution in [0.25, 0.3) is 10.8 Å². The lowest BCUT2D eigenvalue weighted by Crippen LogP contribution is -2.40. The van der Waals surface area contributed by atoms with E-state index >= 15 is 0 Å². The Morgan fingerprint density at radius 2 is 2.06 bits per heavy atom. The van der Waals surface area contributed by atoms with Gasteiger partial charge in [0.05, 0.1) is 0 Å². The topological polar surface area (TPSA) is 39.7 Å². The molecule has 82 valence electrons. The number of hydrogen-bond acceptors (Lipinski definition) is 1. The van der Waals surface area contributed by atoms with Crippen molar-refractivity contribution in [2.75, 3.05) is 5.32 Å². The molecule has 0 atom stereocenters. The molecular weight excluding hydrogens is 196 g/mol. The van der Waals surface area contributed by atoms with E-state index in [0.717, 1.165) is 12.1 Å². The van der Waals surface area contributed by atoms with Crippen molar-refractivity contribution in [3.63, 3.8) is 0 Å². The molecule has 0 radical (unpaired) electrons. The maximum Gasteiger partial charge on any atom is 0.135 e. The number of fused-ring (bicyclic) bond motifs is 2. The van der Waals surface area contributed by atoms with E-state index in [4.69, 9.17) is 0 Å². The van der Waals surface area contributed by atoms with Crippen LogP contribution in [0.5, 0.6) is 0 Å². The number of nitrogens with one attached hydrogen (secondary N) is 1. The van der Waals surface area contributed by atoms with Gasteiger partial charge in [0, 0.05) is 16.6 Å². The lowest BCUT2D eigenvalue weighted by molar-refractivity contribution is -0.252. The van der Waals surface area contributed by atoms with Crippen LogP contribution < -0.4 is 11.1 Å². The Kier molecular flexibility index (Phi) is 1.80. The highest BCUT2D eigenvalue weighted by molar-refractivity contribution is 5.94. The van der Waals surface area contributed by atoms with Gasteiger partial charge < -0.3 is 11.1 Å². The molecule has 0 saturated heterocycles. The van der Waals surface area contributed by atoms with Gasteiger partial charge in [-0.05, 0) is 49.4 Å². The summed E-state index contributed by atoms with van der Waals surface area (Å²) in [6.45, 7) is 4.48. The minimum atomic E-state index is 0.182. The van der Waals surface area contributed by atoms with Gasteiger partial charge in [-0.2, -0.15) is 0 Å². The molecule has 16 heavy (non-hydrogen) atoms. The van der Waals surface area contributed by atoms with Crippen molar-refractivity contribution in [2.24, 2.45) is 0 Å². The normalized spacial score (nSPS) is 17.2. The monoisotopic (exact) mass is 213 g/mol. The van der Waals surface area contributed by atoms with Crippen molar-refractivity contribution < 1.29 is 5.73 Å². The Morgan fingerprint density at radius 3 is 2.88 bits per heavy atom. The molecule has 1 heterocycles.